The van der Waals surface area contributed by atoms with Gasteiger partial charge in [-0.05, 0) is 46.5 Å². The molecule has 7 heteroatoms. The second kappa shape index (κ2) is 9.31. The van der Waals surface area contributed by atoms with E-state index in [9.17, 15) is 17.8 Å². The first-order valence-electron chi connectivity index (χ1n) is 9.78. The van der Waals surface area contributed by atoms with Crippen LogP contribution in [0.1, 0.15) is 11.1 Å². The molecular weight excluding hydrogens is 418 g/mol. The van der Waals surface area contributed by atoms with Crippen molar-refractivity contribution in [3.8, 4) is 11.1 Å². The number of pyridine rings is 1. The molecule has 0 saturated carbocycles. The highest BCUT2D eigenvalue weighted by Crippen LogP contribution is 2.23. The van der Waals surface area contributed by atoms with Gasteiger partial charge in [0.25, 0.3) is 0 Å². The van der Waals surface area contributed by atoms with Crippen LogP contribution in [0.5, 0.6) is 0 Å². The van der Waals surface area contributed by atoms with Crippen LogP contribution in [0.3, 0.4) is 0 Å². The molecule has 2 unspecified atom stereocenters. The number of benzene rings is 2. The second-order valence-electron chi connectivity index (χ2n) is 7.32. The van der Waals surface area contributed by atoms with E-state index in [2.05, 4.69) is 4.98 Å². The van der Waals surface area contributed by atoms with E-state index in [0.29, 0.717) is 17.9 Å². The molecule has 0 radical (unpaired) electrons. The lowest BCUT2D eigenvalue weighted by atomic mass is 10.0. The van der Waals surface area contributed by atoms with Crippen molar-refractivity contribution in [3.05, 3.63) is 101 Å². The molecule has 0 bridgehead atoms. The normalized spacial score (nSPS) is 17.6. The summed E-state index contributed by atoms with van der Waals surface area (Å²) < 4.78 is 38.5. The minimum absolute atomic E-state index is 0.0778. The monoisotopic (exact) mass is 438 g/mol. The van der Waals surface area contributed by atoms with E-state index in [-0.39, 0.29) is 18.4 Å². The number of aromatic nitrogens is 1. The predicted molar refractivity (Wildman–Crippen MR) is 116 cm³/mol. The molecule has 2 atom stereocenters. The van der Waals surface area contributed by atoms with E-state index in [1.54, 1.807) is 34.8 Å². The lowest BCUT2D eigenvalue weighted by Gasteiger charge is -2.28. The Labute approximate surface area is 181 Å². The molecule has 2 heterocycles. The highest BCUT2D eigenvalue weighted by atomic mass is 32.2. The predicted octanol–water partition coefficient (Wildman–Crippen LogP) is 4.24. The lowest BCUT2D eigenvalue weighted by Crippen LogP contribution is -2.40. The van der Waals surface area contributed by atoms with Gasteiger partial charge < -0.3 is 4.90 Å². The summed E-state index contributed by atoms with van der Waals surface area (Å²) in [6.07, 6.45) is 5.36. The van der Waals surface area contributed by atoms with Crippen molar-refractivity contribution in [3.63, 3.8) is 0 Å². The number of carbonyl (C=O) groups excluding carboxylic acids is 1. The third-order valence-corrected chi connectivity index (χ3v) is 6.30. The number of hydrogen-bond acceptors (Lipinski definition) is 3. The SMILES string of the molecule is O=C(Cc1ccc(-c2ccc(F)c(F)c2)cc1)N(Cc1ccncc1)C1C=CS(=O)C1. The number of hydrogen-bond donors (Lipinski definition) is 0. The van der Waals surface area contributed by atoms with Crippen LogP contribution >= 0.6 is 0 Å². The van der Waals surface area contributed by atoms with E-state index in [4.69, 9.17) is 0 Å². The van der Waals surface area contributed by atoms with Crippen LogP contribution in [-0.2, 0) is 28.6 Å². The van der Waals surface area contributed by atoms with Gasteiger partial charge in [-0.2, -0.15) is 0 Å². The first-order chi connectivity index (χ1) is 15.0. The van der Waals surface area contributed by atoms with E-state index in [0.717, 1.165) is 28.8 Å². The van der Waals surface area contributed by atoms with Crippen molar-refractivity contribution in [1.82, 2.24) is 9.88 Å². The molecule has 2 aromatic carbocycles. The Balaban J connectivity index is 1.50. The molecule has 4 nitrogen and oxygen atoms in total. The average Bonchev–Trinajstić information content (AvgIpc) is 3.21. The molecule has 0 fully saturated rings. The molecule has 1 aromatic heterocycles. The number of nitrogens with zero attached hydrogens (tertiary/aromatic N) is 2. The minimum atomic E-state index is -1.07. The summed E-state index contributed by atoms with van der Waals surface area (Å²) in [5.41, 5.74) is 3.05. The maximum atomic E-state index is 13.5. The summed E-state index contributed by atoms with van der Waals surface area (Å²) in [4.78, 5) is 18.9. The Kier molecular flexibility index (Phi) is 6.32. The average molecular weight is 438 g/mol. The Bertz CT molecular complexity index is 1130. The quantitative estimate of drug-likeness (QED) is 0.578. The summed E-state index contributed by atoms with van der Waals surface area (Å²) in [7, 11) is -1.07. The Morgan fingerprint density at radius 1 is 0.968 bits per heavy atom. The van der Waals surface area contributed by atoms with E-state index in [1.807, 2.05) is 30.3 Å². The molecule has 3 aromatic rings. The smallest absolute Gasteiger partial charge is 0.227 e. The van der Waals surface area contributed by atoms with E-state index in [1.165, 1.54) is 6.07 Å². The standard InChI is InChI=1S/C24H20F2N2O2S/c25-22-6-5-20(14-23(22)26)19-3-1-17(2-4-19)13-24(29)28(21-9-12-31(30)16-21)15-18-7-10-27-11-8-18/h1-12,14,21H,13,15-16H2. The fourth-order valence-electron chi connectivity index (χ4n) is 3.49. The van der Waals surface area contributed by atoms with E-state index >= 15 is 0 Å². The summed E-state index contributed by atoms with van der Waals surface area (Å²) >= 11 is 0. The molecule has 31 heavy (non-hydrogen) atoms. The van der Waals surface area contributed by atoms with Gasteiger partial charge in [-0.3, -0.25) is 14.0 Å². The number of halogens is 2. The minimum Gasteiger partial charge on any atom is -0.331 e. The van der Waals surface area contributed by atoms with Crippen LogP contribution < -0.4 is 0 Å². The third kappa shape index (κ3) is 5.11. The van der Waals surface area contributed by atoms with Crippen molar-refractivity contribution < 1.29 is 17.8 Å². The third-order valence-electron chi connectivity index (χ3n) is 5.17. The maximum Gasteiger partial charge on any atom is 0.227 e. The van der Waals surface area contributed by atoms with Crippen molar-refractivity contribution in [2.75, 3.05) is 5.75 Å². The number of carbonyl (C=O) groups is 1. The molecule has 4 rings (SSSR count). The van der Waals surface area contributed by atoms with Crippen molar-refractivity contribution in [2.24, 2.45) is 0 Å². The summed E-state index contributed by atoms with van der Waals surface area (Å²) in [5.74, 6) is -1.47. The number of rotatable bonds is 6. The second-order valence-corrected chi connectivity index (χ2v) is 8.69. The van der Waals surface area contributed by atoms with Crippen LogP contribution in [0.15, 0.2) is 78.5 Å². The Morgan fingerprint density at radius 2 is 1.68 bits per heavy atom. The molecule has 1 amide bonds. The fourth-order valence-corrected chi connectivity index (χ4v) is 4.59. The fraction of sp³-hybridized carbons (Fsp3) is 0.167. The lowest BCUT2D eigenvalue weighted by molar-refractivity contribution is -0.132. The Hall–Kier alpha value is -3.19. The van der Waals surface area contributed by atoms with Gasteiger partial charge in [-0.15, -0.1) is 0 Å². The van der Waals surface area contributed by atoms with Gasteiger partial charge in [-0.1, -0.05) is 36.4 Å². The molecular formula is C24H20F2N2O2S. The van der Waals surface area contributed by atoms with Crippen molar-refractivity contribution in [2.45, 2.75) is 19.0 Å². The molecule has 0 spiro atoms. The zero-order chi connectivity index (χ0) is 21.8. The zero-order valence-electron chi connectivity index (χ0n) is 16.6. The molecule has 0 aliphatic carbocycles. The first-order valence-corrected chi connectivity index (χ1v) is 11.2. The zero-order valence-corrected chi connectivity index (χ0v) is 17.4. The molecule has 0 saturated heterocycles. The molecule has 1 aliphatic heterocycles. The van der Waals surface area contributed by atoms with Crippen LogP contribution in [0, 0.1) is 11.6 Å². The molecule has 0 N–H and O–H groups in total. The largest absolute Gasteiger partial charge is 0.331 e. The van der Waals surface area contributed by atoms with Crippen LogP contribution in [-0.4, -0.2) is 31.8 Å². The van der Waals surface area contributed by atoms with Crippen molar-refractivity contribution >= 4 is 16.7 Å². The van der Waals surface area contributed by atoms with E-state index < -0.39 is 22.4 Å². The molecule has 158 valence electrons. The van der Waals surface area contributed by atoms with Gasteiger partial charge >= 0.3 is 0 Å². The van der Waals surface area contributed by atoms with Gasteiger partial charge in [0, 0.05) is 35.1 Å². The summed E-state index contributed by atoms with van der Waals surface area (Å²) in [5, 5.41) is 1.63. The highest BCUT2D eigenvalue weighted by molar-refractivity contribution is 7.88. The Morgan fingerprint density at radius 3 is 2.32 bits per heavy atom. The van der Waals surface area contributed by atoms with Gasteiger partial charge in [-0.25, -0.2) is 8.78 Å². The highest BCUT2D eigenvalue weighted by Gasteiger charge is 2.26. The summed E-state index contributed by atoms with van der Waals surface area (Å²) in [6, 6.07) is 14.4. The van der Waals surface area contributed by atoms with Crippen LogP contribution in [0.25, 0.3) is 11.1 Å². The van der Waals surface area contributed by atoms with Gasteiger partial charge in [0.1, 0.15) is 0 Å². The first kappa shape index (κ1) is 21.1. The maximum absolute atomic E-state index is 13.5. The number of amides is 1. The topological polar surface area (TPSA) is 50.3 Å². The van der Waals surface area contributed by atoms with Gasteiger partial charge in [0.05, 0.1) is 18.2 Å². The van der Waals surface area contributed by atoms with Gasteiger partial charge in [0.2, 0.25) is 5.91 Å². The van der Waals surface area contributed by atoms with Crippen LogP contribution in [0.4, 0.5) is 8.78 Å². The van der Waals surface area contributed by atoms with Crippen molar-refractivity contribution in [1.29, 1.82) is 0 Å². The summed E-state index contributed by atoms with van der Waals surface area (Å²) in [6.45, 7) is 0.403. The molecule has 1 aliphatic rings. The van der Waals surface area contributed by atoms with Crippen LogP contribution in [0.2, 0.25) is 0 Å². The van der Waals surface area contributed by atoms with Gasteiger partial charge in [0.15, 0.2) is 11.6 Å².